The molecule has 0 saturated heterocycles. The monoisotopic (exact) mass is 1100 g/mol. The summed E-state index contributed by atoms with van der Waals surface area (Å²) in [4.78, 5) is 0. The molecular weight excluding hydrogens is 1080 g/mol. The van der Waals surface area contributed by atoms with Gasteiger partial charge in [-0.25, -0.2) is 13.2 Å². The van der Waals surface area contributed by atoms with Gasteiger partial charge in [-0.2, -0.15) is 119 Å². The van der Waals surface area contributed by atoms with Crippen LogP contribution in [0.5, 0.6) is 0 Å². The van der Waals surface area contributed by atoms with E-state index in [1.807, 2.05) is 0 Å². The smallest absolute Gasteiger partial charge is 0.272 e. The zero-order chi connectivity index (χ0) is 55.1. The van der Waals surface area contributed by atoms with E-state index >= 15 is 26.3 Å². The van der Waals surface area contributed by atoms with E-state index in [1.165, 1.54) is 0 Å². The summed E-state index contributed by atoms with van der Waals surface area (Å²) < 4.78 is 420. The van der Waals surface area contributed by atoms with E-state index in [4.69, 9.17) is 0 Å². The summed E-state index contributed by atoms with van der Waals surface area (Å²) in [6.07, 6.45) is -42.9. The average Bonchev–Trinajstić information content (AvgIpc) is 3.15. The lowest BCUT2D eigenvalue weighted by Crippen LogP contribution is -2.58. The van der Waals surface area contributed by atoms with E-state index < -0.39 is 151 Å². The average molecular weight is 1100 g/mol. The molecule has 0 aliphatic carbocycles. The van der Waals surface area contributed by atoms with E-state index in [1.54, 1.807) is 0 Å². The number of ether oxygens (including phenoxy) is 3. The van der Waals surface area contributed by atoms with Crippen molar-refractivity contribution < 1.29 is 146 Å². The van der Waals surface area contributed by atoms with Gasteiger partial charge in [-0.05, 0) is 23.8 Å². The topological polar surface area (TPSA) is 27.7 Å². The first-order valence-corrected chi connectivity index (χ1v) is 18.9. The van der Waals surface area contributed by atoms with Crippen LogP contribution < -0.4 is 15.9 Å². The Balaban J connectivity index is 2.21. The Morgan fingerprint density at radius 2 is 0.429 bits per heavy atom. The predicted octanol–water partition coefficient (Wildman–Crippen LogP) is 14.2. The molecule has 70 heavy (non-hydrogen) atoms. The standard InChI is InChI=1S/C36H21F30O3P/c1-22(37,67-34(61,62)28(46,47)31(52,53)54)25(40,41)16-4-10-19(11-5-16)70(20-12-6-17(7-13-20)26(42,43)23(2,38)68-35(63,64)29(48,49)32(55,56)57)21-14-8-18(9-15-21)27(44,45)24(3,39)69-36(65,66)30(50,51)33(58,59)60/h4-15H,1-3H3. The van der Waals surface area contributed by atoms with E-state index in [-0.39, 0.29) is 36.4 Å². The number of hydrogen-bond acceptors (Lipinski definition) is 3. The zero-order valence-corrected chi connectivity index (χ0v) is 34.3. The highest BCUT2D eigenvalue weighted by atomic mass is 31.1. The molecule has 0 amide bonds. The van der Waals surface area contributed by atoms with Crippen molar-refractivity contribution in [1.82, 2.24) is 0 Å². The van der Waals surface area contributed by atoms with Crippen molar-refractivity contribution in [3.63, 3.8) is 0 Å². The Bertz CT molecular complexity index is 2020. The number of halogens is 30. The van der Waals surface area contributed by atoms with Crippen molar-refractivity contribution in [2.45, 2.75) is 111 Å². The number of hydrogen-bond donors (Lipinski definition) is 0. The van der Waals surface area contributed by atoms with E-state index in [0.29, 0.717) is 36.4 Å². The van der Waals surface area contributed by atoms with Crippen molar-refractivity contribution in [2.75, 3.05) is 0 Å². The normalized spacial score (nSPS) is 18.0. The highest BCUT2D eigenvalue weighted by Gasteiger charge is 2.80. The van der Waals surface area contributed by atoms with Crippen molar-refractivity contribution in [1.29, 1.82) is 0 Å². The molecule has 0 saturated carbocycles. The minimum atomic E-state index is -7.33. The van der Waals surface area contributed by atoms with Crippen LogP contribution in [0, 0.1) is 0 Å². The predicted molar refractivity (Wildman–Crippen MR) is 176 cm³/mol. The first-order chi connectivity index (χ1) is 30.6. The van der Waals surface area contributed by atoms with Crippen molar-refractivity contribution >= 4 is 23.8 Å². The molecule has 0 heterocycles. The van der Waals surface area contributed by atoms with Crippen LogP contribution in [-0.2, 0) is 32.0 Å². The molecule has 0 fully saturated rings. The Labute approximate surface area is 370 Å². The molecule has 0 bridgehead atoms. The maximum atomic E-state index is 15.2. The molecule has 0 aliphatic heterocycles. The molecule has 3 nitrogen and oxygen atoms in total. The van der Waals surface area contributed by atoms with Gasteiger partial charge < -0.3 is 0 Å². The molecule has 0 N–H and O–H groups in total. The maximum Gasteiger partial charge on any atom is 0.462 e. The van der Waals surface area contributed by atoms with Crippen LogP contribution in [-0.4, -0.2) is 72.2 Å². The number of benzene rings is 3. The Morgan fingerprint density at radius 1 is 0.271 bits per heavy atom. The summed E-state index contributed by atoms with van der Waals surface area (Å²) in [5.74, 6) is -55.6. The quantitative estimate of drug-likeness (QED) is 0.0938. The summed E-state index contributed by atoms with van der Waals surface area (Å²) in [5, 5.41) is -1.95. The summed E-state index contributed by atoms with van der Waals surface area (Å²) in [5.41, 5.74) is -5.84. The van der Waals surface area contributed by atoms with E-state index in [2.05, 4.69) is 14.2 Å². The Hall–Kier alpha value is -4.13. The molecule has 3 aromatic rings. The van der Waals surface area contributed by atoms with Gasteiger partial charge in [0.2, 0.25) is 0 Å². The maximum absolute atomic E-state index is 15.2. The van der Waals surface area contributed by atoms with Gasteiger partial charge in [0.05, 0.1) is 0 Å². The van der Waals surface area contributed by atoms with Crippen LogP contribution in [0.3, 0.4) is 0 Å². The lowest BCUT2D eigenvalue weighted by atomic mass is 10.0. The van der Waals surface area contributed by atoms with Gasteiger partial charge in [0.15, 0.2) is 0 Å². The molecule has 3 rings (SSSR count). The molecule has 0 aliphatic rings. The lowest BCUT2D eigenvalue weighted by molar-refractivity contribution is -0.471. The highest BCUT2D eigenvalue weighted by molar-refractivity contribution is 7.79. The fourth-order valence-electron chi connectivity index (χ4n) is 5.28. The number of alkyl halides is 30. The van der Waals surface area contributed by atoms with Crippen molar-refractivity contribution in [2.24, 2.45) is 0 Å². The number of rotatable bonds is 18. The van der Waals surface area contributed by atoms with Gasteiger partial charge in [-0.1, -0.05) is 72.8 Å². The second-order valence-corrected chi connectivity index (χ2v) is 16.7. The summed E-state index contributed by atoms with van der Waals surface area (Å²) in [6, 6.07) is 1.70. The van der Waals surface area contributed by atoms with Gasteiger partial charge >= 0.3 is 72.4 Å². The lowest BCUT2D eigenvalue weighted by Gasteiger charge is -2.36. The van der Waals surface area contributed by atoms with Crippen LogP contribution >= 0.6 is 7.92 Å². The summed E-state index contributed by atoms with van der Waals surface area (Å²) >= 11 is 0. The molecule has 398 valence electrons. The van der Waals surface area contributed by atoms with E-state index in [0.717, 1.165) is 0 Å². The molecule has 0 spiro atoms. The fourth-order valence-corrected chi connectivity index (χ4v) is 7.52. The molecular formula is C36H21F30O3P. The van der Waals surface area contributed by atoms with Crippen LogP contribution in [0.25, 0.3) is 0 Å². The minimum Gasteiger partial charge on any atom is -0.272 e. The molecule has 34 heteroatoms. The van der Waals surface area contributed by atoms with Gasteiger partial charge in [-0.15, -0.1) is 0 Å². The molecule has 0 aromatic heterocycles. The summed E-state index contributed by atoms with van der Waals surface area (Å²) in [6.45, 7) is -2.26. The zero-order valence-electron chi connectivity index (χ0n) is 33.4. The van der Waals surface area contributed by atoms with Gasteiger partial charge in [0, 0.05) is 37.5 Å². The second kappa shape index (κ2) is 17.8. The van der Waals surface area contributed by atoms with Crippen LogP contribution in [0.1, 0.15) is 37.5 Å². The van der Waals surface area contributed by atoms with Crippen molar-refractivity contribution in [3.8, 4) is 0 Å². The molecule has 3 aromatic carbocycles. The Morgan fingerprint density at radius 3 is 0.571 bits per heavy atom. The Kier molecular flexibility index (Phi) is 15.3. The van der Waals surface area contributed by atoms with Crippen LogP contribution in [0.4, 0.5) is 132 Å². The third kappa shape index (κ3) is 10.5. The molecule has 0 radical (unpaired) electrons. The van der Waals surface area contributed by atoms with Gasteiger partial charge in [0.25, 0.3) is 17.6 Å². The summed E-state index contributed by atoms with van der Waals surface area (Å²) in [7, 11) is -2.97. The van der Waals surface area contributed by atoms with Crippen LogP contribution in [0.15, 0.2) is 72.8 Å². The fraction of sp³-hybridized carbons (Fsp3) is 0.500. The minimum absolute atomic E-state index is 0.0392. The first kappa shape index (κ1) is 60.2. The molecule has 3 unspecified atom stereocenters. The molecule has 3 atom stereocenters. The highest BCUT2D eigenvalue weighted by Crippen LogP contribution is 2.56. The SMILES string of the molecule is CC(F)(OC(F)(F)C(F)(F)C(F)(F)F)C(F)(F)c1ccc(P(c2ccc(C(F)(F)C(C)(F)OC(F)(F)C(F)(F)C(F)(F)F)cc2)c2ccc(C(F)(F)C(C)(F)OC(F)(F)C(F)(F)C(F)(F)F)cc2)cc1. The van der Waals surface area contributed by atoms with Crippen molar-refractivity contribution in [3.05, 3.63) is 89.5 Å². The third-order valence-electron chi connectivity index (χ3n) is 9.27. The van der Waals surface area contributed by atoms with Gasteiger partial charge in [-0.3, -0.25) is 14.2 Å². The van der Waals surface area contributed by atoms with Gasteiger partial charge in [0.1, 0.15) is 0 Å². The largest absolute Gasteiger partial charge is 0.462 e. The van der Waals surface area contributed by atoms with E-state index in [9.17, 15) is 105 Å². The second-order valence-electron chi connectivity index (χ2n) is 14.5. The third-order valence-corrected chi connectivity index (χ3v) is 11.7. The van der Waals surface area contributed by atoms with Crippen LogP contribution in [0.2, 0.25) is 0 Å². The first-order valence-electron chi connectivity index (χ1n) is 17.5.